The van der Waals surface area contributed by atoms with Crippen LogP contribution < -0.4 is 5.32 Å². The van der Waals surface area contributed by atoms with Gasteiger partial charge in [0.25, 0.3) is 0 Å². The third kappa shape index (κ3) is 4.37. The minimum absolute atomic E-state index is 0.207. The summed E-state index contributed by atoms with van der Waals surface area (Å²) in [5.74, 6) is -0.507. The number of fused-ring (bicyclic) bond motifs is 3. The summed E-state index contributed by atoms with van der Waals surface area (Å²) in [5, 5.41) is 7.45. The molecule has 2 aromatic heterocycles. The van der Waals surface area contributed by atoms with Crippen molar-refractivity contribution in [3.63, 3.8) is 0 Å². The van der Waals surface area contributed by atoms with Gasteiger partial charge in [0.2, 0.25) is 0 Å². The van der Waals surface area contributed by atoms with Crippen LogP contribution in [-0.4, -0.2) is 25.3 Å². The highest BCUT2D eigenvalue weighted by molar-refractivity contribution is 5.90. The summed E-state index contributed by atoms with van der Waals surface area (Å²) in [6.45, 7) is 4.21. The smallest absolute Gasteiger partial charge is 0.307 e. The highest BCUT2D eigenvalue weighted by Gasteiger charge is 2.36. The molecule has 0 bridgehead atoms. The van der Waals surface area contributed by atoms with Gasteiger partial charge in [-0.25, -0.2) is 18.3 Å². The quantitative estimate of drug-likeness (QED) is 0.277. The van der Waals surface area contributed by atoms with E-state index in [1.165, 1.54) is 5.56 Å². The zero-order valence-corrected chi connectivity index (χ0v) is 21.6. The Labute approximate surface area is 225 Å². The van der Waals surface area contributed by atoms with Crippen molar-refractivity contribution >= 4 is 11.7 Å². The Kier molecular flexibility index (Phi) is 6.23. The fourth-order valence-electron chi connectivity index (χ4n) is 5.22. The molecule has 2 amide bonds. The number of nitrogens with zero attached hydrogens (tertiary/aromatic N) is 4. The van der Waals surface area contributed by atoms with Crippen LogP contribution in [0.25, 0.3) is 11.5 Å². The van der Waals surface area contributed by atoms with Crippen LogP contribution in [0.5, 0.6) is 0 Å². The number of halogens is 2. The number of amides is 2. The van der Waals surface area contributed by atoms with Gasteiger partial charge in [0.15, 0.2) is 0 Å². The van der Waals surface area contributed by atoms with Crippen molar-refractivity contribution in [1.29, 1.82) is 0 Å². The maximum atomic E-state index is 14.5. The monoisotopic (exact) mass is 523 g/mol. The summed E-state index contributed by atoms with van der Waals surface area (Å²) >= 11 is 0. The number of aryl methyl sites for hydroxylation is 2. The average molecular weight is 524 g/mol. The molecule has 3 aromatic carbocycles. The van der Waals surface area contributed by atoms with Crippen LogP contribution in [0, 0.1) is 18.6 Å². The number of carbonyl (C=O) groups is 1. The second kappa shape index (κ2) is 9.87. The number of anilines is 1. The number of hydrogen-bond donors (Lipinski definition) is 1. The van der Waals surface area contributed by atoms with Gasteiger partial charge in [0, 0.05) is 17.8 Å². The lowest BCUT2D eigenvalue weighted by molar-refractivity contribution is 0.194. The van der Waals surface area contributed by atoms with Crippen molar-refractivity contribution in [1.82, 2.24) is 19.2 Å². The molecule has 0 aliphatic carbocycles. The van der Waals surface area contributed by atoms with E-state index in [0.29, 0.717) is 0 Å². The molecule has 8 heteroatoms. The summed E-state index contributed by atoms with van der Waals surface area (Å²) < 4.78 is 32.4. The van der Waals surface area contributed by atoms with Gasteiger partial charge >= 0.3 is 6.03 Å². The van der Waals surface area contributed by atoms with Gasteiger partial charge in [0.05, 0.1) is 35.3 Å². The predicted octanol–water partition coefficient (Wildman–Crippen LogP) is 6.95. The Morgan fingerprint density at radius 1 is 1.00 bits per heavy atom. The predicted molar refractivity (Wildman–Crippen MR) is 146 cm³/mol. The van der Waals surface area contributed by atoms with Gasteiger partial charge in [-0.2, -0.15) is 5.10 Å². The van der Waals surface area contributed by atoms with E-state index >= 15 is 0 Å². The average Bonchev–Trinajstić information content (AvgIpc) is 3.51. The minimum atomic E-state index is -0.708. The lowest BCUT2D eigenvalue weighted by Gasteiger charge is -2.31. The highest BCUT2D eigenvalue weighted by atomic mass is 19.1. The van der Waals surface area contributed by atoms with E-state index in [2.05, 4.69) is 28.9 Å². The first-order valence-electron chi connectivity index (χ1n) is 12.9. The van der Waals surface area contributed by atoms with Crippen LogP contribution in [0.4, 0.5) is 19.3 Å². The number of para-hydroxylation sites is 1. The molecule has 196 valence electrons. The second-order valence-electron chi connectivity index (χ2n) is 9.62. The van der Waals surface area contributed by atoms with Crippen LogP contribution in [0.15, 0.2) is 91.1 Å². The molecule has 1 aliphatic rings. The van der Waals surface area contributed by atoms with Crippen molar-refractivity contribution in [2.75, 3.05) is 5.32 Å². The summed E-state index contributed by atoms with van der Waals surface area (Å²) in [5.41, 5.74) is 5.25. The molecule has 6 rings (SSSR count). The van der Waals surface area contributed by atoms with E-state index in [-0.39, 0.29) is 12.2 Å². The zero-order valence-electron chi connectivity index (χ0n) is 21.6. The normalized spacial score (nSPS) is 14.5. The molecule has 0 saturated carbocycles. The van der Waals surface area contributed by atoms with E-state index in [0.717, 1.165) is 58.6 Å². The molecule has 3 heterocycles. The number of hydrogen-bond acceptors (Lipinski definition) is 2. The van der Waals surface area contributed by atoms with Crippen LogP contribution in [0.1, 0.15) is 41.0 Å². The van der Waals surface area contributed by atoms with Crippen molar-refractivity contribution < 1.29 is 13.6 Å². The van der Waals surface area contributed by atoms with Crippen LogP contribution in [0.3, 0.4) is 0 Å². The molecule has 1 atom stereocenters. The Balaban J connectivity index is 1.53. The fraction of sp³-hybridized carbons (Fsp3) is 0.161. The molecule has 1 N–H and O–H groups in total. The van der Waals surface area contributed by atoms with Crippen molar-refractivity contribution in [3.8, 4) is 11.5 Å². The number of benzene rings is 3. The first-order valence-corrected chi connectivity index (χ1v) is 12.9. The molecule has 0 spiro atoms. The van der Waals surface area contributed by atoms with Crippen molar-refractivity contribution in [3.05, 3.63) is 131 Å². The summed E-state index contributed by atoms with van der Waals surface area (Å²) in [4.78, 5) is 15.6. The van der Waals surface area contributed by atoms with E-state index in [4.69, 9.17) is 5.10 Å². The standard InChI is InChI=1S/C31H27F2N5O/c1-3-21-11-13-22(14-12-21)29-28-10-7-17-36(28)30-25(20(2)35-38(30)24-8-5-4-6-9-24)19-37(29)31(39)34-27-18-23(32)15-16-26(27)33/h4-18,29H,3,19H2,1-2H3,(H,34,39)/t29-/m0/s1. The van der Waals surface area contributed by atoms with Crippen LogP contribution in [0.2, 0.25) is 0 Å². The molecule has 0 fully saturated rings. The van der Waals surface area contributed by atoms with Crippen LogP contribution >= 0.6 is 0 Å². The van der Waals surface area contributed by atoms with Gasteiger partial charge in [-0.3, -0.25) is 0 Å². The maximum absolute atomic E-state index is 14.5. The Hall–Kier alpha value is -4.72. The minimum Gasteiger partial charge on any atom is -0.307 e. The molecule has 39 heavy (non-hydrogen) atoms. The number of rotatable bonds is 4. The van der Waals surface area contributed by atoms with Crippen LogP contribution in [-0.2, 0) is 13.0 Å². The third-order valence-corrected chi connectivity index (χ3v) is 7.22. The van der Waals surface area contributed by atoms with Crippen molar-refractivity contribution in [2.24, 2.45) is 0 Å². The number of aromatic nitrogens is 3. The van der Waals surface area contributed by atoms with Gasteiger partial charge in [-0.15, -0.1) is 0 Å². The largest absolute Gasteiger partial charge is 0.323 e. The third-order valence-electron chi connectivity index (χ3n) is 7.22. The molecule has 0 unspecified atom stereocenters. The first kappa shape index (κ1) is 24.6. The molecule has 1 aliphatic heterocycles. The SMILES string of the molecule is CCc1ccc([C@H]2c3cccn3-c3c(c(C)nn3-c3ccccc3)CN2C(=O)Nc2cc(F)ccc2F)cc1. The van der Waals surface area contributed by atoms with E-state index in [1.807, 2.05) is 72.4 Å². The van der Waals surface area contributed by atoms with Gasteiger partial charge in [-0.05, 0) is 60.9 Å². The second-order valence-corrected chi connectivity index (χ2v) is 9.62. The Morgan fingerprint density at radius 2 is 1.77 bits per heavy atom. The summed E-state index contributed by atoms with van der Waals surface area (Å²) in [6.07, 6.45) is 2.86. The highest BCUT2D eigenvalue weighted by Crippen LogP contribution is 2.39. The zero-order chi connectivity index (χ0) is 27.1. The number of nitrogens with one attached hydrogen (secondary N) is 1. The molecular formula is C31H27F2N5O. The van der Waals surface area contributed by atoms with Crippen molar-refractivity contribution in [2.45, 2.75) is 32.9 Å². The topological polar surface area (TPSA) is 55.1 Å². The van der Waals surface area contributed by atoms with E-state index in [1.54, 1.807) is 4.90 Å². The van der Waals surface area contributed by atoms with Gasteiger partial charge in [-0.1, -0.05) is 49.4 Å². The number of carbonyl (C=O) groups excluding carboxylic acids is 1. The summed E-state index contributed by atoms with van der Waals surface area (Å²) in [6, 6.07) is 23.9. The van der Waals surface area contributed by atoms with Gasteiger partial charge < -0.3 is 14.8 Å². The Bertz CT molecular complexity index is 1660. The molecule has 6 nitrogen and oxygen atoms in total. The lowest BCUT2D eigenvalue weighted by atomic mass is 9.99. The molecule has 5 aromatic rings. The maximum Gasteiger partial charge on any atom is 0.323 e. The molecular weight excluding hydrogens is 496 g/mol. The number of urea groups is 1. The van der Waals surface area contributed by atoms with E-state index < -0.39 is 23.7 Å². The van der Waals surface area contributed by atoms with Gasteiger partial charge in [0.1, 0.15) is 17.5 Å². The first-order chi connectivity index (χ1) is 18.9. The molecule has 0 radical (unpaired) electrons. The lowest BCUT2D eigenvalue weighted by Crippen LogP contribution is -2.38. The molecule has 0 saturated heterocycles. The summed E-state index contributed by atoms with van der Waals surface area (Å²) in [7, 11) is 0. The van der Waals surface area contributed by atoms with E-state index in [9.17, 15) is 13.6 Å². The Morgan fingerprint density at radius 3 is 2.51 bits per heavy atom. The fourth-order valence-corrected chi connectivity index (χ4v) is 5.22.